The Balaban J connectivity index is 3.94. The maximum atomic E-state index is 10.8. The normalized spacial score (nSPS) is 8.27. The fourth-order valence-electron chi connectivity index (χ4n) is 0.387. The van der Waals surface area contributed by atoms with Crippen LogP contribution in [-0.4, -0.2) is 24.3 Å². The molecule has 0 heterocycles. The highest BCUT2D eigenvalue weighted by atomic mass is 35.5. The van der Waals surface area contributed by atoms with Crippen LogP contribution in [-0.2, 0) is 9.53 Å². The lowest BCUT2D eigenvalue weighted by molar-refractivity contribution is -0.139. The Morgan fingerprint density at radius 1 is 1.82 bits per heavy atom. The molecule has 0 unspecified atom stereocenters. The number of rotatable bonds is 3. The van der Waals surface area contributed by atoms with Gasteiger partial charge >= 0.3 is 5.97 Å². The van der Waals surface area contributed by atoms with Gasteiger partial charge in [-0.05, 0) is 6.92 Å². The molecule has 0 amide bonds. The predicted molar refractivity (Wildman–Crippen MR) is 41.2 cm³/mol. The number of aliphatic hydroxyl groups is 1. The van der Waals surface area contributed by atoms with Gasteiger partial charge in [0, 0.05) is 5.54 Å². The van der Waals surface area contributed by atoms with E-state index < -0.39 is 5.97 Å². The molecule has 62 valence electrons. The second-order valence-corrected chi connectivity index (χ2v) is 1.96. The van der Waals surface area contributed by atoms with Crippen LogP contribution in [0.15, 0.2) is 16.8 Å². The molecule has 4 heteroatoms. The molecule has 0 saturated heterocycles. The van der Waals surface area contributed by atoms with E-state index in [1.54, 1.807) is 0 Å². The third-order valence-corrected chi connectivity index (χ3v) is 1.01. The van der Waals surface area contributed by atoms with Crippen LogP contribution in [0.3, 0.4) is 0 Å². The Morgan fingerprint density at radius 2 is 2.45 bits per heavy atom. The smallest absolute Gasteiger partial charge is 0.341 e. The SMILES string of the molecule is CC(=C=CCl)C(=O)OCCO. The number of ether oxygens (including phenoxy) is 1. The first-order valence-electron chi connectivity index (χ1n) is 3.02. The van der Waals surface area contributed by atoms with Crippen molar-refractivity contribution in [1.82, 2.24) is 0 Å². The summed E-state index contributed by atoms with van der Waals surface area (Å²) in [5.74, 6) is -0.518. The number of esters is 1. The molecule has 0 aromatic carbocycles. The molecule has 3 nitrogen and oxygen atoms in total. The van der Waals surface area contributed by atoms with Crippen molar-refractivity contribution >= 4 is 17.6 Å². The number of hydrogen-bond donors (Lipinski definition) is 1. The highest BCUT2D eigenvalue weighted by Gasteiger charge is 2.02. The van der Waals surface area contributed by atoms with Gasteiger partial charge in [-0.25, -0.2) is 4.79 Å². The number of carbonyl (C=O) groups is 1. The molecule has 1 N–H and O–H groups in total. The molecule has 0 aliphatic heterocycles. The van der Waals surface area contributed by atoms with Crippen LogP contribution in [0.1, 0.15) is 6.92 Å². The maximum Gasteiger partial charge on any atom is 0.341 e. The van der Waals surface area contributed by atoms with Crippen molar-refractivity contribution in [2.24, 2.45) is 0 Å². The minimum atomic E-state index is -0.518. The summed E-state index contributed by atoms with van der Waals surface area (Å²) >= 11 is 5.16. The van der Waals surface area contributed by atoms with E-state index in [0.29, 0.717) is 0 Å². The second-order valence-electron chi connectivity index (χ2n) is 1.74. The number of halogens is 1. The average molecular weight is 177 g/mol. The summed E-state index contributed by atoms with van der Waals surface area (Å²) < 4.78 is 4.54. The first kappa shape index (κ1) is 10.2. The number of carbonyl (C=O) groups excluding carboxylic acids is 1. The third-order valence-electron chi connectivity index (χ3n) is 0.902. The summed E-state index contributed by atoms with van der Waals surface area (Å²) in [5, 5.41) is 8.29. The zero-order chi connectivity index (χ0) is 8.69. The van der Waals surface area contributed by atoms with Gasteiger partial charge in [0.2, 0.25) is 0 Å². The van der Waals surface area contributed by atoms with Gasteiger partial charge in [-0.1, -0.05) is 17.3 Å². The van der Waals surface area contributed by atoms with Crippen LogP contribution in [0.4, 0.5) is 0 Å². The second kappa shape index (κ2) is 5.98. The average Bonchev–Trinajstić information content (AvgIpc) is 2.00. The van der Waals surface area contributed by atoms with E-state index in [2.05, 4.69) is 10.5 Å². The lowest BCUT2D eigenvalue weighted by Crippen LogP contribution is -2.08. The van der Waals surface area contributed by atoms with E-state index in [-0.39, 0.29) is 18.8 Å². The zero-order valence-corrected chi connectivity index (χ0v) is 6.89. The zero-order valence-electron chi connectivity index (χ0n) is 6.13. The summed E-state index contributed by atoms with van der Waals surface area (Å²) in [6.45, 7) is 1.35. The van der Waals surface area contributed by atoms with Crippen LogP contribution in [0.2, 0.25) is 0 Å². The quantitative estimate of drug-likeness (QED) is 0.394. The Morgan fingerprint density at radius 3 is 2.91 bits per heavy atom. The van der Waals surface area contributed by atoms with Crippen LogP contribution in [0, 0.1) is 0 Å². The molecule has 0 aliphatic rings. The topological polar surface area (TPSA) is 46.5 Å². The van der Waals surface area contributed by atoms with Crippen molar-refractivity contribution in [3.05, 3.63) is 16.8 Å². The van der Waals surface area contributed by atoms with Gasteiger partial charge in [-0.3, -0.25) is 0 Å². The molecule has 0 aromatic heterocycles. The minimum Gasteiger partial charge on any atom is -0.459 e. The lowest BCUT2D eigenvalue weighted by Gasteiger charge is -1.98. The fourth-order valence-corrected chi connectivity index (χ4v) is 0.551. The van der Waals surface area contributed by atoms with E-state index in [9.17, 15) is 4.79 Å². The van der Waals surface area contributed by atoms with Crippen molar-refractivity contribution in [2.75, 3.05) is 13.2 Å². The van der Waals surface area contributed by atoms with Gasteiger partial charge < -0.3 is 9.84 Å². The minimum absolute atomic E-state index is 0.000138. The first-order chi connectivity index (χ1) is 5.22. The molecule has 0 aromatic rings. The molecule has 0 rings (SSSR count). The molecule has 0 saturated carbocycles. The molecule has 11 heavy (non-hydrogen) atoms. The van der Waals surface area contributed by atoms with E-state index in [1.165, 1.54) is 6.92 Å². The molecular formula is C7H9ClO3. The molecule has 0 bridgehead atoms. The van der Waals surface area contributed by atoms with Crippen molar-refractivity contribution in [3.63, 3.8) is 0 Å². The Labute approximate surface area is 69.9 Å². The predicted octanol–water partition coefficient (Wildman–Crippen LogP) is 0.820. The van der Waals surface area contributed by atoms with E-state index in [1.807, 2.05) is 0 Å². The summed E-state index contributed by atoms with van der Waals surface area (Å²) in [6, 6.07) is 0. The Bertz CT molecular complexity index is 192. The molecule has 0 aliphatic carbocycles. The summed E-state index contributed by atoms with van der Waals surface area (Å²) in [7, 11) is 0. The van der Waals surface area contributed by atoms with Gasteiger partial charge in [-0.15, -0.1) is 0 Å². The van der Waals surface area contributed by atoms with Crippen LogP contribution in [0.25, 0.3) is 0 Å². The van der Waals surface area contributed by atoms with E-state index in [4.69, 9.17) is 16.7 Å². The molecule has 0 spiro atoms. The van der Waals surface area contributed by atoms with Gasteiger partial charge in [0.15, 0.2) is 0 Å². The number of hydrogen-bond acceptors (Lipinski definition) is 3. The lowest BCUT2D eigenvalue weighted by atomic mass is 10.3. The highest BCUT2D eigenvalue weighted by molar-refractivity contribution is 6.25. The molecule has 0 atom stereocenters. The first-order valence-corrected chi connectivity index (χ1v) is 3.46. The maximum absolute atomic E-state index is 10.8. The van der Waals surface area contributed by atoms with Crippen molar-refractivity contribution in [2.45, 2.75) is 6.92 Å². The van der Waals surface area contributed by atoms with E-state index >= 15 is 0 Å². The Hall–Kier alpha value is -0.760. The van der Waals surface area contributed by atoms with Crippen LogP contribution in [0.5, 0.6) is 0 Å². The largest absolute Gasteiger partial charge is 0.459 e. The molecular weight excluding hydrogens is 168 g/mol. The van der Waals surface area contributed by atoms with Gasteiger partial charge in [0.05, 0.1) is 12.2 Å². The van der Waals surface area contributed by atoms with Crippen LogP contribution >= 0.6 is 11.6 Å². The fraction of sp³-hybridized carbons (Fsp3) is 0.429. The van der Waals surface area contributed by atoms with Crippen molar-refractivity contribution in [3.8, 4) is 0 Å². The third kappa shape index (κ3) is 4.62. The number of aliphatic hydroxyl groups excluding tert-OH is 1. The summed E-state index contributed by atoms with van der Waals surface area (Å²) in [5.41, 5.74) is 3.85. The van der Waals surface area contributed by atoms with Gasteiger partial charge in [0.25, 0.3) is 0 Å². The monoisotopic (exact) mass is 176 g/mol. The summed E-state index contributed by atoms with van der Waals surface area (Å²) in [4.78, 5) is 10.8. The highest BCUT2D eigenvalue weighted by Crippen LogP contribution is 1.93. The van der Waals surface area contributed by atoms with E-state index in [0.717, 1.165) is 5.54 Å². The van der Waals surface area contributed by atoms with Crippen molar-refractivity contribution in [1.29, 1.82) is 0 Å². The van der Waals surface area contributed by atoms with Gasteiger partial charge in [0.1, 0.15) is 6.61 Å². The molecule has 0 radical (unpaired) electrons. The molecule has 0 fully saturated rings. The Kier molecular flexibility index (Phi) is 5.57. The standard InChI is InChI=1S/C7H9ClO3/c1-6(2-3-8)7(10)11-5-4-9/h3,9H,4-5H2,1H3. The van der Waals surface area contributed by atoms with Crippen LogP contribution < -0.4 is 0 Å². The van der Waals surface area contributed by atoms with Gasteiger partial charge in [-0.2, -0.15) is 0 Å². The summed E-state index contributed by atoms with van der Waals surface area (Å²) in [6.07, 6.45) is 0. The van der Waals surface area contributed by atoms with Crippen molar-refractivity contribution < 1.29 is 14.6 Å².